The van der Waals surface area contributed by atoms with Crippen LogP contribution in [0.25, 0.3) is 0 Å². The average Bonchev–Trinajstić information content (AvgIpc) is 2.72. The number of aliphatic hydroxyl groups excluding tert-OH is 1. The summed E-state index contributed by atoms with van der Waals surface area (Å²) in [6.45, 7) is 1.69. The number of ether oxygens (including phenoxy) is 1. The Labute approximate surface area is 180 Å². The molecule has 6 nitrogen and oxygen atoms in total. The third-order valence-corrected chi connectivity index (χ3v) is 6.20. The molecule has 1 aliphatic carbocycles. The second kappa shape index (κ2) is 11.9. The Hall–Kier alpha value is -2.08. The summed E-state index contributed by atoms with van der Waals surface area (Å²) in [5.74, 6) is 1.51. The highest BCUT2D eigenvalue weighted by molar-refractivity contribution is 5.94. The number of rotatable bonds is 9. The Morgan fingerprint density at radius 3 is 2.67 bits per heavy atom. The lowest BCUT2D eigenvalue weighted by molar-refractivity contribution is -0.132. The van der Waals surface area contributed by atoms with Crippen molar-refractivity contribution in [2.45, 2.75) is 70.6 Å². The van der Waals surface area contributed by atoms with Gasteiger partial charge in [-0.1, -0.05) is 32.1 Å². The first-order valence-corrected chi connectivity index (χ1v) is 11.6. The minimum Gasteiger partial charge on any atom is -0.494 e. The Balaban J connectivity index is 1.42. The number of nitrogens with one attached hydrogen (secondary N) is 1. The van der Waals surface area contributed by atoms with Crippen molar-refractivity contribution in [3.05, 3.63) is 23.8 Å². The number of aliphatic hydroxyl groups is 1. The molecule has 1 saturated carbocycles. The summed E-state index contributed by atoms with van der Waals surface area (Å²) in [6, 6.07) is 5.72. The summed E-state index contributed by atoms with van der Waals surface area (Å²) in [4.78, 5) is 26.0. The summed E-state index contributed by atoms with van der Waals surface area (Å²) in [5.41, 5.74) is 1.96. The monoisotopic (exact) mass is 416 g/mol. The first-order chi connectivity index (χ1) is 14.7. The summed E-state index contributed by atoms with van der Waals surface area (Å²) >= 11 is 0. The third kappa shape index (κ3) is 7.01. The Morgan fingerprint density at radius 2 is 1.90 bits per heavy atom. The van der Waals surface area contributed by atoms with Crippen LogP contribution in [0.4, 0.5) is 5.69 Å². The van der Waals surface area contributed by atoms with E-state index in [4.69, 9.17) is 4.74 Å². The van der Waals surface area contributed by atoms with Crippen LogP contribution in [0.1, 0.15) is 69.8 Å². The van der Waals surface area contributed by atoms with Crippen molar-refractivity contribution in [1.82, 2.24) is 4.90 Å². The van der Waals surface area contributed by atoms with E-state index in [9.17, 15) is 14.7 Å². The van der Waals surface area contributed by atoms with Gasteiger partial charge in [0.15, 0.2) is 0 Å². The molecule has 1 fully saturated rings. The first kappa shape index (κ1) is 22.6. The highest BCUT2D eigenvalue weighted by Crippen LogP contribution is 2.27. The maximum Gasteiger partial charge on any atom is 0.224 e. The molecule has 0 unspecified atom stereocenters. The molecule has 1 heterocycles. The van der Waals surface area contributed by atoms with Crippen molar-refractivity contribution in [3.63, 3.8) is 0 Å². The summed E-state index contributed by atoms with van der Waals surface area (Å²) in [6.07, 6.45) is 11.2. The van der Waals surface area contributed by atoms with Gasteiger partial charge in [-0.2, -0.15) is 0 Å². The molecule has 0 bridgehead atoms. The maximum absolute atomic E-state index is 12.7. The van der Waals surface area contributed by atoms with E-state index in [0.717, 1.165) is 30.0 Å². The van der Waals surface area contributed by atoms with Crippen molar-refractivity contribution >= 4 is 17.5 Å². The molecule has 6 heteroatoms. The van der Waals surface area contributed by atoms with E-state index in [-0.39, 0.29) is 18.4 Å². The van der Waals surface area contributed by atoms with E-state index in [1.807, 2.05) is 23.1 Å². The smallest absolute Gasteiger partial charge is 0.224 e. The second-order valence-electron chi connectivity index (χ2n) is 8.59. The fraction of sp³-hybridized carbons (Fsp3) is 0.667. The Morgan fingerprint density at radius 1 is 1.13 bits per heavy atom. The van der Waals surface area contributed by atoms with E-state index < -0.39 is 0 Å². The van der Waals surface area contributed by atoms with Crippen molar-refractivity contribution in [1.29, 1.82) is 0 Å². The fourth-order valence-corrected chi connectivity index (χ4v) is 4.49. The van der Waals surface area contributed by atoms with E-state index >= 15 is 0 Å². The fourth-order valence-electron chi connectivity index (χ4n) is 4.49. The number of benzene rings is 1. The molecule has 0 atom stereocenters. The van der Waals surface area contributed by atoms with E-state index in [1.165, 1.54) is 44.9 Å². The molecular formula is C24H36N2O4. The number of anilines is 1. The van der Waals surface area contributed by atoms with Crippen molar-refractivity contribution in [3.8, 4) is 5.75 Å². The number of nitrogens with zero attached hydrogens (tertiary/aromatic N) is 1. The number of hydrogen-bond donors (Lipinski definition) is 2. The van der Waals surface area contributed by atoms with E-state index in [1.54, 1.807) is 0 Å². The van der Waals surface area contributed by atoms with Crippen LogP contribution in [0.3, 0.4) is 0 Å². The molecule has 0 aromatic heterocycles. The lowest BCUT2D eigenvalue weighted by Gasteiger charge is -2.28. The molecule has 0 saturated heterocycles. The first-order valence-electron chi connectivity index (χ1n) is 11.6. The molecule has 0 spiro atoms. The normalized spacial score (nSPS) is 17.4. The van der Waals surface area contributed by atoms with E-state index in [0.29, 0.717) is 38.3 Å². The van der Waals surface area contributed by atoms with Crippen LogP contribution < -0.4 is 10.1 Å². The number of fused-ring (bicyclic) bond motifs is 1. The average molecular weight is 417 g/mol. The SMILES string of the molecule is O=C1CCc2cc(OCCCC(=O)N(CCO)CC3CCCCCCC3)ccc2N1. The quantitative estimate of drug-likeness (QED) is 0.598. The number of carbonyl (C=O) groups is 2. The number of amides is 2. The lowest BCUT2D eigenvalue weighted by Crippen LogP contribution is -2.37. The molecule has 2 aliphatic rings. The topological polar surface area (TPSA) is 78.9 Å². The van der Waals surface area contributed by atoms with Gasteiger partial charge in [-0.3, -0.25) is 9.59 Å². The van der Waals surface area contributed by atoms with Gasteiger partial charge in [0.1, 0.15) is 5.75 Å². The molecule has 1 aromatic carbocycles. The predicted octanol–water partition coefficient (Wildman–Crippen LogP) is 3.91. The third-order valence-electron chi connectivity index (χ3n) is 6.20. The van der Waals surface area contributed by atoms with Gasteiger partial charge in [0, 0.05) is 31.6 Å². The van der Waals surface area contributed by atoms with Crippen molar-refractivity contribution < 1.29 is 19.4 Å². The molecule has 3 rings (SSSR count). The highest BCUT2D eigenvalue weighted by atomic mass is 16.5. The van der Waals surface area contributed by atoms with E-state index in [2.05, 4.69) is 5.32 Å². The highest BCUT2D eigenvalue weighted by Gasteiger charge is 2.19. The lowest BCUT2D eigenvalue weighted by atomic mass is 9.90. The van der Waals surface area contributed by atoms with Crippen LogP contribution in [0.5, 0.6) is 5.75 Å². The van der Waals surface area contributed by atoms with Gasteiger partial charge in [0.2, 0.25) is 11.8 Å². The Bertz CT molecular complexity index is 698. The summed E-state index contributed by atoms with van der Waals surface area (Å²) < 4.78 is 5.84. The molecule has 0 radical (unpaired) electrons. The van der Waals surface area contributed by atoms with Gasteiger partial charge in [-0.25, -0.2) is 0 Å². The van der Waals surface area contributed by atoms with Crippen LogP contribution in [-0.2, 0) is 16.0 Å². The predicted molar refractivity (Wildman–Crippen MR) is 118 cm³/mol. The standard InChI is InChI=1S/C24H36N2O4/c27-15-14-26(18-19-7-4-2-1-3-5-8-19)24(29)9-6-16-30-21-11-12-22-20(17-21)10-13-23(28)25-22/h11-12,17,19,27H,1-10,13-16,18H2,(H,25,28). The second-order valence-corrected chi connectivity index (χ2v) is 8.59. The van der Waals surface area contributed by atoms with Gasteiger partial charge < -0.3 is 20.1 Å². The van der Waals surface area contributed by atoms with Crippen LogP contribution in [0, 0.1) is 5.92 Å². The Kier molecular flexibility index (Phi) is 9.00. The van der Waals surface area contributed by atoms with Gasteiger partial charge in [-0.15, -0.1) is 0 Å². The maximum atomic E-state index is 12.7. The van der Waals surface area contributed by atoms with Crippen molar-refractivity contribution in [2.24, 2.45) is 5.92 Å². The number of carbonyl (C=O) groups excluding carboxylic acids is 2. The number of hydrogen-bond acceptors (Lipinski definition) is 4. The van der Waals surface area contributed by atoms with Crippen LogP contribution in [0.2, 0.25) is 0 Å². The molecule has 1 aromatic rings. The zero-order valence-corrected chi connectivity index (χ0v) is 18.0. The molecule has 1 aliphatic heterocycles. The molecule has 166 valence electrons. The largest absolute Gasteiger partial charge is 0.494 e. The van der Waals surface area contributed by atoms with Gasteiger partial charge >= 0.3 is 0 Å². The summed E-state index contributed by atoms with van der Waals surface area (Å²) in [7, 11) is 0. The van der Waals surface area contributed by atoms with Gasteiger partial charge in [0.25, 0.3) is 0 Å². The molecule has 2 amide bonds. The van der Waals surface area contributed by atoms with Crippen LogP contribution >= 0.6 is 0 Å². The zero-order valence-electron chi connectivity index (χ0n) is 18.0. The number of aryl methyl sites for hydroxylation is 1. The summed E-state index contributed by atoms with van der Waals surface area (Å²) in [5, 5.41) is 12.3. The molecule has 2 N–H and O–H groups in total. The van der Waals surface area contributed by atoms with Gasteiger partial charge in [-0.05, 0) is 55.4 Å². The van der Waals surface area contributed by atoms with Crippen LogP contribution in [-0.4, -0.2) is 48.1 Å². The minimum absolute atomic E-state index is 0.0145. The van der Waals surface area contributed by atoms with Crippen LogP contribution in [0.15, 0.2) is 18.2 Å². The molecular weight excluding hydrogens is 380 g/mol. The van der Waals surface area contributed by atoms with Crippen molar-refractivity contribution in [2.75, 3.05) is 31.6 Å². The zero-order chi connectivity index (χ0) is 21.2. The van der Waals surface area contributed by atoms with Gasteiger partial charge in [0.05, 0.1) is 13.2 Å². The molecule has 30 heavy (non-hydrogen) atoms. The minimum atomic E-state index is 0.0145.